The summed E-state index contributed by atoms with van der Waals surface area (Å²) in [6, 6.07) is 5.44. The Morgan fingerprint density at radius 3 is 2.71 bits per heavy atom. The monoisotopic (exact) mass is 290 g/mol. The van der Waals surface area contributed by atoms with Gasteiger partial charge in [-0.05, 0) is 36.3 Å². The fraction of sp³-hybridized carbons (Fsp3) is 0.417. The summed E-state index contributed by atoms with van der Waals surface area (Å²) in [5.41, 5.74) is 0.982. The van der Waals surface area contributed by atoms with Crippen molar-refractivity contribution in [1.82, 2.24) is 10.6 Å². The molecule has 0 heterocycles. The van der Waals surface area contributed by atoms with Gasteiger partial charge in [0.25, 0.3) is 0 Å². The van der Waals surface area contributed by atoms with E-state index in [-0.39, 0.29) is 0 Å². The van der Waals surface area contributed by atoms with Crippen LogP contribution in [0, 0.1) is 0 Å². The van der Waals surface area contributed by atoms with Crippen LogP contribution in [0.5, 0.6) is 0 Å². The van der Waals surface area contributed by atoms with Crippen LogP contribution in [0.2, 0.25) is 10.0 Å². The molecule has 1 rings (SSSR count). The lowest BCUT2D eigenvalue weighted by Gasteiger charge is -2.11. The fourth-order valence-corrected chi connectivity index (χ4v) is 1.93. The van der Waals surface area contributed by atoms with Gasteiger partial charge < -0.3 is 10.6 Å². The first kappa shape index (κ1) is 14.6. The van der Waals surface area contributed by atoms with E-state index in [1.54, 1.807) is 6.07 Å². The maximum Gasteiger partial charge on any atom is 0.166 e. The smallest absolute Gasteiger partial charge is 0.166 e. The third-order valence-electron chi connectivity index (χ3n) is 2.27. The third kappa shape index (κ3) is 5.57. The average Bonchev–Trinajstić information content (AvgIpc) is 2.28. The van der Waals surface area contributed by atoms with Crippen LogP contribution in [0.4, 0.5) is 0 Å². The second-order valence-electron chi connectivity index (χ2n) is 3.70. The van der Waals surface area contributed by atoms with Crippen molar-refractivity contribution in [3.8, 4) is 0 Å². The number of nitrogens with one attached hydrogen (secondary N) is 2. The highest BCUT2D eigenvalue weighted by molar-refractivity contribution is 7.80. The Morgan fingerprint density at radius 1 is 1.29 bits per heavy atom. The number of hydrogen-bond acceptors (Lipinski definition) is 1. The molecule has 0 aromatic heterocycles. The van der Waals surface area contributed by atoms with E-state index in [2.05, 4.69) is 17.6 Å². The molecule has 0 amide bonds. The summed E-state index contributed by atoms with van der Waals surface area (Å²) in [4.78, 5) is 0. The number of hydrogen-bond donors (Lipinski definition) is 2. The molecule has 0 aliphatic heterocycles. The Hall–Kier alpha value is -0.510. The van der Waals surface area contributed by atoms with Gasteiger partial charge in [0.2, 0.25) is 0 Å². The number of unbranched alkanes of at least 4 members (excludes halogenated alkanes) is 1. The zero-order valence-corrected chi connectivity index (χ0v) is 12.1. The summed E-state index contributed by atoms with van der Waals surface area (Å²) >= 11 is 17.0. The quantitative estimate of drug-likeness (QED) is 0.638. The molecule has 0 radical (unpaired) electrons. The molecule has 0 fully saturated rings. The fourth-order valence-electron chi connectivity index (χ4n) is 1.28. The van der Waals surface area contributed by atoms with Crippen LogP contribution in [0.25, 0.3) is 0 Å². The summed E-state index contributed by atoms with van der Waals surface area (Å²) in [7, 11) is 0. The van der Waals surface area contributed by atoms with Crippen molar-refractivity contribution in [3.63, 3.8) is 0 Å². The van der Waals surface area contributed by atoms with Crippen LogP contribution in [0.1, 0.15) is 25.3 Å². The van der Waals surface area contributed by atoms with Gasteiger partial charge in [-0.15, -0.1) is 0 Å². The molecule has 0 unspecified atom stereocenters. The van der Waals surface area contributed by atoms with Crippen molar-refractivity contribution in [2.24, 2.45) is 0 Å². The van der Waals surface area contributed by atoms with Gasteiger partial charge in [-0.1, -0.05) is 42.6 Å². The molecule has 1 aromatic rings. The van der Waals surface area contributed by atoms with E-state index >= 15 is 0 Å². The minimum absolute atomic E-state index is 0.605. The van der Waals surface area contributed by atoms with Crippen LogP contribution in [0.15, 0.2) is 18.2 Å². The predicted molar refractivity (Wildman–Crippen MR) is 78.8 cm³/mol. The summed E-state index contributed by atoms with van der Waals surface area (Å²) in [5.74, 6) is 0. The van der Waals surface area contributed by atoms with E-state index < -0.39 is 0 Å². The van der Waals surface area contributed by atoms with Gasteiger partial charge >= 0.3 is 0 Å². The SMILES string of the molecule is CCCCNC(=S)NCc1ccc(Cl)cc1Cl. The highest BCUT2D eigenvalue weighted by Crippen LogP contribution is 2.20. The highest BCUT2D eigenvalue weighted by Gasteiger charge is 2.01. The molecule has 0 atom stereocenters. The van der Waals surface area contributed by atoms with Crippen molar-refractivity contribution >= 4 is 40.5 Å². The van der Waals surface area contributed by atoms with E-state index in [9.17, 15) is 0 Å². The van der Waals surface area contributed by atoms with Gasteiger partial charge in [0, 0.05) is 23.1 Å². The first-order valence-corrected chi connectivity index (χ1v) is 6.75. The zero-order chi connectivity index (χ0) is 12.7. The number of halogens is 2. The number of thiocarbonyl (C=S) groups is 1. The van der Waals surface area contributed by atoms with Gasteiger partial charge in [-0.2, -0.15) is 0 Å². The number of rotatable bonds is 5. The highest BCUT2D eigenvalue weighted by atomic mass is 35.5. The topological polar surface area (TPSA) is 24.1 Å². The van der Waals surface area contributed by atoms with Crippen molar-refractivity contribution in [2.75, 3.05) is 6.54 Å². The van der Waals surface area contributed by atoms with Crippen molar-refractivity contribution in [3.05, 3.63) is 33.8 Å². The van der Waals surface area contributed by atoms with Crippen LogP contribution in [0.3, 0.4) is 0 Å². The molecule has 2 nitrogen and oxygen atoms in total. The first-order valence-electron chi connectivity index (χ1n) is 5.59. The molecular formula is C12H16Cl2N2S. The van der Waals surface area contributed by atoms with Gasteiger partial charge in [0.15, 0.2) is 5.11 Å². The Morgan fingerprint density at radius 2 is 2.06 bits per heavy atom. The Kier molecular flexibility index (Phi) is 6.63. The Labute approximate surface area is 118 Å². The van der Waals surface area contributed by atoms with Crippen molar-refractivity contribution in [1.29, 1.82) is 0 Å². The lowest BCUT2D eigenvalue weighted by molar-refractivity contribution is 0.739. The van der Waals surface area contributed by atoms with E-state index in [0.29, 0.717) is 21.7 Å². The minimum Gasteiger partial charge on any atom is -0.363 e. The predicted octanol–water partition coefficient (Wildman–Crippen LogP) is 3.76. The average molecular weight is 291 g/mol. The van der Waals surface area contributed by atoms with E-state index in [1.807, 2.05) is 12.1 Å². The standard InChI is InChI=1S/C12H16Cl2N2S/c1-2-3-6-15-12(17)16-8-9-4-5-10(13)7-11(9)14/h4-5,7H,2-3,6,8H2,1H3,(H2,15,16,17). The van der Waals surface area contributed by atoms with Gasteiger partial charge in [0.05, 0.1) is 0 Å². The summed E-state index contributed by atoms with van der Waals surface area (Å²) in [6.07, 6.45) is 2.27. The molecule has 0 aliphatic rings. The molecule has 0 aliphatic carbocycles. The van der Waals surface area contributed by atoms with Crippen molar-refractivity contribution in [2.45, 2.75) is 26.3 Å². The zero-order valence-electron chi connectivity index (χ0n) is 9.72. The molecule has 0 saturated carbocycles. The first-order chi connectivity index (χ1) is 8.13. The Balaban J connectivity index is 2.37. The molecule has 94 valence electrons. The second-order valence-corrected chi connectivity index (χ2v) is 4.95. The van der Waals surface area contributed by atoms with Crippen LogP contribution in [-0.4, -0.2) is 11.7 Å². The minimum atomic E-state index is 0.605. The largest absolute Gasteiger partial charge is 0.363 e. The molecule has 1 aromatic carbocycles. The summed E-state index contributed by atoms with van der Waals surface area (Å²) in [5, 5.41) is 8.20. The maximum absolute atomic E-state index is 6.05. The van der Waals surface area contributed by atoms with Crippen LogP contribution >= 0.6 is 35.4 Å². The molecule has 17 heavy (non-hydrogen) atoms. The van der Waals surface area contributed by atoms with Crippen LogP contribution < -0.4 is 10.6 Å². The lowest BCUT2D eigenvalue weighted by atomic mass is 10.2. The molecular weight excluding hydrogens is 275 g/mol. The number of benzene rings is 1. The normalized spacial score (nSPS) is 10.1. The lowest BCUT2D eigenvalue weighted by Crippen LogP contribution is -2.35. The van der Waals surface area contributed by atoms with Gasteiger partial charge in [-0.25, -0.2) is 0 Å². The molecule has 0 bridgehead atoms. The van der Waals surface area contributed by atoms with E-state index in [4.69, 9.17) is 35.4 Å². The van der Waals surface area contributed by atoms with Gasteiger partial charge in [-0.3, -0.25) is 0 Å². The third-order valence-corrected chi connectivity index (χ3v) is 3.15. The molecule has 0 saturated heterocycles. The summed E-state index contributed by atoms with van der Waals surface area (Å²) in [6.45, 7) is 3.65. The van der Waals surface area contributed by atoms with Crippen LogP contribution in [-0.2, 0) is 6.54 Å². The molecule has 0 spiro atoms. The van der Waals surface area contributed by atoms with Crippen molar-refractivity contribution < 1.29 is 0 Å². The second kappa shape index (κ2) is 7.75. The molecule has 2 N–H and O–H groups in total. The van der Waals surface area contributed by atoms with E-state index in [0.717, 1.165) is 24.9 Å². The maximum atomic E-state index is 6.05. The Bertz CT molecular complexity index is 383. The molecule has 5 heteroatoms. The van der Waals surface area contributed by atoms with Gasteiger partial charge in [0.1, 0.15) is 0 Å². The summed E-state index contributed by atoms with van der Waals surface area (Å²) < 4.78 is 0. The van der Waals surface area contributed by atoms with E-state index in [1.165, 1.54) is 0 Å².